The standard InChI is InChI=1S/C16H21ClO2/c1-13-7-8-15(14(12-13)6-5-9-17)18-10-11-19-16(2,3)4/h7-8,12H,9-11H2,1-4H3. The highest BCUT2D eigenvalue weighted by Gasteiger charge is 2.09. The Morgan fingerprint density at radius 3 is 2.58 bits per heavy atom. The van der Waals surface area contributed by atoms with Crippen molar-refractivity contribution in [2.75, 3.05) is 19.1 Å². The SMILES string of the molecule is Cc1ccc(OCCOC(C)(C)C)c(C#CCCl)c1. The van der Waals surface area contributed by atoms with Gasteiger partial charge in [0.25, 0.3) is 0 Å². The van der Waals surface area contributed by atoms with Gasteiger partial charge in [-0.3, -0.25) is 0 Å². The highest BCUT2D eigenvalue weighted by Crippen LogP contribution is 2.19. The Labute approximate surface area is 121 Å². The predicted octanol–water partition coefficient (Wildman–Crippen LogP) is 3.78. The van der Waals surface area contributed by atoms with Crippen LogP contribution in [-0.4, -0.2) is 24.7 Å². The zero-order valence-corrected chi connectivity index (χ0v) is 12.8. The van der Waals surface area contributed by atoms with E-state index in [9.17, 15) is 0 Å². The minimum absolute atomic E-state index is 0.141. The maximum absolute atomic E-state index is 5.71. The van der Waals surface area contributed by atoms with Crippen LogP contribution in [0.25, 0.3) is 0 Å². The molecule has 0 heterocycles. The smallest absolute Gasteiger partial charge is 0.135 e. The first-order chi connectivity index (χ1) is 8.92. The maximum atomic E-state index is 5.71. The van der Waals surface area contributed by atoms with E-state index in [-0.39, 0.29) is 5.60 Å². The minimum atomic E-state index is -0.141. The van der Waals surface area contributed by atoms with Crippen molar-refractivity contribution in [3.05, 3.63) is 29.3 Å². The van der Waals surface area contributed by atoms with Crippen LogP contribution >= 0.6 is 11.6 Å². The van der Waals surface area contributed by atoms with Gasteiger partial charge in [-0.25, -0.2) is 0 Å². The number of alkyl halides is 1. The lowest BCUT2D eigenvalue weighted by atomic mass is 10.1. The molecular weight excluding hydrogens is 260 g/mol. The van der Waals surface area contributed by atoms with E-state index in [1.807, 2.05) is 45.9 Å². The van der Waals surface area contributed by atoms with Crippen LogP contribution in [0.3, 0.4) is 0 Å². The molecule has 0 amide bonds. The quantitative estimate of drug-likeness (QED) is 0.475. The second-order valence-corrected chi connectivity index (χ2v) is 5.51. The lowest BCUT2D eigenvalue weighted by Crippen LogP contribution is -2.22. The van der Waals surface area contributed by atoms with Crippen LogP contribution in [0, 0.1) is 18.8 Å². The molecule has 0 saturated heterocycles. The Kier molecular flexibility index (Phi) is 6.21. The molecule has 0 bridgehead atoms. The van der Waals surface area contributed by atoms with Crippen molar-refractivity contribution in [1.29, 1.82) is 0 Å². The molecule has 0 aliphatic carbocycles. The fraction of sp³-hybridized carbons (Fsp3) is 0.500. The minimum Gasteiger partial charge on any atom is -0.490 e. The van der Waals surface area contributed by atoms with Crippen LogP contribution in [0.4, 0.5) is 0 Å². The number of ether oxygens (including phenoxy) is 2. The first-order valence-corrected chi connectivity index (χ1v) is 6.88. The summed E-state index contributed by atoms with van der Waals surface area (Å²) in [5, 5.41) is 0. The topological polar surface area (TPSA) is 18.5 Å². The van der Waals surface area contributed by atoms with Crippen LogP contribution < -0.4 is 4.74 Å². The molecule has 0 radical (unpaired) electrons. The summed E-state index contributed by atoms with van der Waals surface area (Å²) in [6.07, 6.45) is 0. The molecular formula is C16H21ClO2. The maximum Gasteiger partial charge on any atom is 0.135 e. The molecule has 0 aliphatic rings. The van der Waals surface area contributed by atoms with Crippen LogP contribution in [0.2, 0.25) is 0 Å². The third-order valence-electron chi connectivity index (χ3n) is 2.30. The number of hydrogen-bond acceptors (Lipinski definition) is 2. The van der Waals surface area contributed by atoms with Crippen molar-refractivity contribution >= 4 is 11.6 Å². The Balaban J connectivity index is 2.62. The Bertz CT molecular complexity index is 464. The molecule has 1 rings (SSSR count). The summed E-state index contributed by atoms with van der Waals surface area (Å²) < 4.78 is 11.3. The lowest BCUT2D eigenvalue weighted by Gasteiger charge is -2.19. The average molecular weight is 281 g/mol. The zero-order chi connectivity index (χ0) is 14.3. The number of halogens is 1. The molecule has 1 aromatic carbocycles. The second-order valence-electron chi connectivity index (χ2n) is 5.24. The molecule has 0 fully saturated rings. The normalized spacial score (nSPS) is 10.8. The van der Waals surface area contributed by atoms with E-state index < -0.39 is 0 Å². The molecule has 0 saturated carbocycles. The molecule has 0 aromatic heterocycles. The molecule has 2 nitrogen and oxygen atoms in total. The average Bonchev–Trinajstić information content (AvgIpc) is 2.32. The second kappa shape index (κ2) is 7.43. The summed E-state index contributed by atoms with van der Waals surface area (Å²) in [5.41, 5.74) is 1.88. The van der Waals surface area contributed by atoms with Crippen molar-refractivity contribution in [1.82, 2.24) is 0 Å². The summed E-state index contributed by atoms with van der Waals surface area (Å²) in [4.78, 5) is 0. The van der Waals surface area contributed by atoms with E-state index in [2.05, 4.69) is 11.8 Å². The first-order valence-electron chi connectivity index (χ1n) is 6.34. The van der Waals surface area contributed by atoms with Gasteiger partial charge in [0.05, 0.1) is 23.7 Å². The molecule has 1 aromatic rings. The van der Waals surface area contributed by atoms with Gasteiger partial charge < -0.3 is 9.47 Å². The molecule has 0 atom stereocenters. The van der Waals surface area contributed by atoms with Gasteiger partial charge in [-0.1, -0.05) is 17.9 Å². The highest BCUT2D eigenvalue weighted by molar-refractivity contribution is 6.19. The Morgan fingerprint density at radius 1 is 1.21 bits per heavy atom. The van der Waals surface area contributed by atoms with E-state index >= 15 is 0 Å². The van der Waals surface area contributed by atoms with Crippen molar-refractivity contribution in [3.8, 4) is 17.6 Å². The Morgan fingerprint density at radius 2 is 1.95 bits per heavy atom. The lowest BCUT2D eigenvalue weighted by molar-refractivity contribution is -0.0163. The summed E-state index contributed by atoms with van der Waals surface area (Å²) in [7, 11) is 0. The fourth-order valence-corrected chi connectivity index (χ4v) is 1.56. The molecule has 0 unspecified atom stereocenters. The molecule has 0 N–H and O–H groups in total. The molecule has 19 heavy (non-hydrogen) atoms. The number of hydrogen-bond donors (Lipinski definition) is 0. The summed E-state index contributed by atoms with van der Waals surface area (Å²) in [6.45, 7) is 9.16. The van der Waals surface area contributed by atoms with E-state index in [1.165, 1.54) is 0 Å². The van der Waals surface area contributed by atoms with Gasteiger partial charge in [0.1, 0.15) is 12.4 Å². The monoisotopic (exact) mass is 280 g/mol. The van der Waals surface area contributed by atoms with Crippen LogP contribution in [0.1, 0.15) is 31.9 Å². The van der Waals surface area contributed by atoms with Gasteiger partial charge in [0, 0.05) is 0 Å². The number of aryl methyl sites for hydroxylation is 1. The van der Waals surface area contributed by atoms with Gasteiger partial charge in [-0.2, -0.15) is 0 Å². The van der Waals surface area contributed by atoms with Gasteiger partial charge in [0.15, 0.2) is 0 Å². The van der Waals surface area contributed by atoms with Gasteiger partial charge in [-0.05, 0) is 45.4 Å². The highest BCUT2D eigenvalue weighted by atomic mass is 35.5. The number of benzene rings is 1. The van der Waals surface area contributed by atoms with E-state index in [0.717, 1.165) is 16.9 Å². The summed E-state index contributed by atoms with van der Waals surface area (Å²) >= 11 is 5.59. The summed E-state index contributed by atoms with van der Waals surface area (Å²) in [5.74, 6) is 6.96. The van der Waals surface area contributed by atoms with Crippen LogP contribution in [-0.2, 0) is 4.74 Å². The first kappa shape index (κ1) is 15.9. The van der Waals surface area contributed by atoms with Gasteiger partial charge in [0.2, 0.25) is 0 Å². The van der Waals surface area contributed by atoms with Crippen molar-refractivity contribution in [2.24, 2.45) is 0 Å². The third-order valence-corrected chi connectivity index (χ3v) is 2.43. The summed E-state index contributed by atoms with van der Waals surface area (Å²) in [6, 6.07) is 5.94. The van der Waals surface area contributed by atoms with Crippen molar-refractivity contribution < 1.29 is 9.47 Å². The van der Waals surface area contributed by atoms with Crippen LogP contribution in [0.5, 0.6) is 5.75 Å². The molecule has 104 valence electrons. The van der Waals surface area contributed by atoms with Gasteiger partial charge in [-0.15, -0.1) is 11.6 Å². The van der Waals surface area contributed by atoms with Crippen molar-refractivity contribution in [3.63, 3.8) is 0 Å². The molecule has 0 aliphatic heterocycles. The largest absolute Gasteiger partial charge is 0.490 e. The third kappa shape index (κ3) is 6.52. The molecule has 0 spiro atoms. The van der Waals surface area contributed by atoms with Gasteiger partial charge >= 0.3 is 0 Å². The zero-order valence-electron chi connectivity index (χ0n) is 12.0. The predicted molar refractivity (Wildman–Crippen MR) is 80.0 cm³/mol. The van der Waals surface area contributed by atoms with Crippen molar-refractivity contribution in [2.45, 2.75) is 33.3 Å². The van der Waals surface area contributed by atoms with Crippen LogP contribution in [0.15, 0.2) is 18.2 Å². The fourth-order valence-electron chi connectivity index (χ4n) is 1.50. The van der Waals surface area contributed by atoms with E-state index in [1.54, 1.807) is 0 Å². The van der Waals surface area contributed by atoms with E-state index in [0.29, 0.717) is 19.1 Å². The van der Waals surface area contributed by atoms with E-state index in [4.69, 9.17) is 21.1 Å². The Hall–Kier alpha value is -1.17. The molecule has 3 heteroatoms. The number of rotatable bonds is 4.